The molecule has 1 fully saturated rings. The van der Waals surface area contributed by atoms with Crippen LogP contribution in [0.4, 0.5) is 0 Å². The molecule has 122 valence electrons. The van der Waals surface area contributed by atoms with Gasteiger partial charge in [-0.2, -0.15) is 4.98 Å². The first-order chi connectivity index (χ1) is 11.1. The highest BCUT2D eigenvalue weighted by molar-refractivity contribution is 6.30. The van der Waals surface area contributed by atoms with Crippen molar-refractivity contribution in [1.29, 1.82) is 0 Å². The number of carbonyl (C=O) groups is 1. The fourth-order valence-corrected chi connectivity index (χ4v) is 2.98. The average Bonchev–Trinajstić information content (AvgIpc) is 3.17. The standard InChI is InChI=1S/C16H19ClN4O2/c17-12-5-3-4-11(10-12)14-20-13(23-21-14)6-9-19-15(22)16(18)7-1-2-8-16/h3-5,10H,1-2,6-9,18H2,(H,19,22). The first-order valence-corrected chi connectivity index (χ1v) is 8.10. The molecule has 1 heterocycles. The fraction of sp³-hybridized carbons (Fsp3) is 0.438. The minimum Gasteiger partial charge on any atom is -0.354 e. The second-order valence-corrected chi connectivity index (χ2v) is 6.33. The zero-order valence-electron chi connectivity index (χ0n) is 12.7. The van der Waals surface area contributed by atoms with Crippen LogP contribution in [0.25, 0.3) is 11.4 Å². The molecule has 7 heteroatoms. The number of nitrogens with zero attached hydrogens (tertiary/aromatic N) is 2. The highest BCUT2D eigenvalue weighted by Crippen LogP contribution is 2.27. The van der Waals surface area contributed by atoms with E-state index in [1.165, 1.54) is 0 Å². The second kappa shape index (κ2) is 6.68. The lowest BCUT2D eigenvalue weighted by molar-refractivity contribution is -0.126. The molecule has 3 N–H and O–H groups in total. The van der Waals surface area contributed by atoms with Crippen LogP contribution in [0.1, 0.15) is 31.6 Å². The predicted molar refractivity (Wildman–Crippen MR) is 86.8 cm³/mol. The smallest absolute Gasteiger partial charge is 0.240 e. The molecule has 0 atom stereocenters. The van der Waals surface area contributed by atoms with Crippen molar-refractivity contribution >= 4 is 17.5 Å². The number of rotatable bonds is 5. The van der Waals surface area contributed by atoms with E-state index in [4.69, 9.17) is 21.9 Å². The Labute approximate surface area is 139 Å². The lowest BCUT2D eigenvalue weighted by Gasteiger charge is -2.21. The van der Waals surface area contributed by atoms with Crippen molar-refractivity contribution in [3.8, 4) is 11.4 Å². The van der Waals surface area contributed by atoms with Crippen LogP contribution in [0.15, 0.2) is 28.8 Å². The van der Waals surface area contributed by atoms with Gasteiger partial charge in [-0.3, -0.25) is 4.79 Å². The maximum Gasteiger partial charge on any atom is 0.240 e. The Hall–Kier alpha value is -1.92. The number of nitrogens with two attached hydrogens (primary N) is 1. The molecule has 0 spiro atoms. The van der Waals surface area contributed by atoms with Gasteiger partial charge in [0.2, 0.25) is 17.6 Å². The Morgan fingerprint density at radius 1 is 1.39 bits per heavy atom. The first-order valence-electron chi connectivity index (χ1n) is 7.72. The van der Waals surface area contributed by atoms with Crippen LogP contribution in [0.2, 0.25) is 5.02 Å². The summed E-state index contributed by atoms with van der Waals surface area (Å²) in [5, 5.41) is 7.41. The molecular formula is C16H19ClN4O2. The van der Waals surface area contributed by atoms with Crippen molar-refractivity contribution in [3.05, 3.63) is 35.2 Å². The molecule has 1 aromatic heterocycles. The Kier molecular flexibility index (Phi) is 4.63. The molecule has 0 bridgehead atoms. The van der Waals surface area contributed by atoms with Gasteiger partial charge in [-0.05, 0) is 25.0 Å². The molecule has 0 saturated heterocycles. The minimum absolute atomic E-state index is 0.0930. The molecule has 1 aliphatic rings. The number of benzene rings is 1. The van der Waals surface area contributed by atoms with E-state index in [9.17, 15) is 4.79 Å². The third-order valence-electron chi connectivity index (χ3n) is 4.12. The van der Waals surface area contributed by atoms with Gasteiger partial charge in [-0.1, -0.05) is 41.7 Å². The SMILES string of the molecule is NC1(C(=O)NCCc2nc(-c3cccc(Cl)c3)no2)CCCC1. The largest absolute Gasteiger partial charge is 0.354 e. The lowest BCUT2D eigenvalue weighted by Crippen LogP contribution is -2.52. The first kappa shape index (κ1) is 16.0. The van der Waals surface area contributed by atoms with Crippen molar-refractivity contribution in [3.63, 3.8) is 0 Å². The van der Waals surface area contributed by atoms with Crippen molar-refractivity contribution in [2.24, 2.45) is 5.73 Å². The molecule has 1 saturated carbocycles. The van der Waals surface area contributed by atoms with Crippen molar-refractivity contribution in [1.82, 2.24) is 15.5 Å². The van der Waals surface area contributed by atoms with E-state index in [1.54, 1.807) is 12.1 Å². The maximum atomic E-state index is 12.1. The van der Waals surface area contributed by atoms with Crippen LogP contribution in [0.5, 0.6) is 0 Å². The highest BCUT2D eigenvalue weighted by atomic mass is 35.5. The lowest BCUT2D eigenvalue weighted by atomic mass is 9.98. The Bertz CT molecular complexity index is 695. The number of nitrogens with one attached hydrogen (secondary N) is 1. The van der Waals surface area contributed by atoms with Crippen LogP contribution < -0.4 is 11.1 Å². The summed E-state index contributed by atoms with van der Waals surface area (Å²) in [4.78, 5) is 16.4. The summed E-state index contributed by atoms with van der Waals surface area (Å²) in [5.74, 6) is 0.863. The molecule has 1 aromatic carbocycles. The predicted octanol–water partition coefficient (Wildman–Crippen LogP) is 2.32. The molecule has 1 amide bonds. The molecule has 1 aliphatic carbocycles. The van der Waals surface area contributed by atoms with E-state index in [1.807, 2.05) is 12.1 Å². The van der Waals surface area contributed by atoms with Crippen LogP contribution in [0.3, 0.4) is 0 Å². The summed E-state index contributed by atoms with van der Waals surface area (Å²) in [5.41, 5.74) is 6.19. The summed E-state index contributed by atoms with van der Waals surface area (Å²) in [6.45, 7) is 0.426. The zero-order chi connectivity index (χ0) is 16.3. The minimum atomic E-state index is -0.708. The molecule has 0 radical (unpaired) electrons. The van der Waals surface area contributed by atoms with Crippen molar-refractivity contribution < 1.29 is 9.32 Å². The summed E-state index contributed by atoms with van der Waals surface area (Å²) >= 11 is 5.95. The van der Waals surface area contributed by atoms with Crippen LogP contribution in [-0.2, 0) is 11.2 Å². The number of carbonyl (C=O) groups excluding carboxylic acids is 1. The number of hydrogen-bond acceptors (Lipinski definition) is 5. The van der Waals surface area contributed by atoms with E-state index >= 15 is 0 Å². The number of hydrogen-bond donors (Lipinski definition) is 2. The second-order valence-electron chi connectivity index (χ2n) is 5.89. The molecule has 3 rings (SSSR count). The van der Waals surface area contributed by atoms with Gasteiger partial charge in [-0.15, -0.1) is 0 Å². The summed E-state index contributed by atoms with van der Waals surface area (Å²) in [6, 6.07) is 7.25. The van der Waals surface area contributed by atoms with Gasteiger partial charge < -0.3 is 15.6 Å². The third kappa shape index (κ3) is 3.71. The van der Waals surface area contributed by atoms with Crippen LogP contribution >= 0.6 is 11.6 Å². The van der Waals surface area contributed by atoms with Gasteiger partial charge in [-0.25, -0.2) is 0 Å². The fourth-order valence-electron chi connectivity index (χ4n) is 2.79. The molecule has 6 nitrogen and oxygen atoms in total. The van der Waals surface area contributed by atoms with Crippen molar-refractivity contribution in [2.45, 2.75) is 37.6 Å². The molecule has 0 unspecified atom stereocenters. The van der Waals surface area contributed by atoms with Crippen LogP contribution in [-0.4, -0.2) is 28.1 Å². The molecule has 23 heavy (non-hydrogen) atoms. The van der Waals surface area contributed by atoms with Crippen molar-refractivity contribution in [2.75, 3.05) is 6.54 Å². The van der Waals surface area contributed by atoms with E-state index in [-0.39, 0.29) is 5.91 Å². The summed E-state index contributed by atoms with van der Waals surface area (Å²) < 4.78 is 5.20. The van der Waals surface area contributed by atoms with Gasteiger partial charge in [0.1, 0.15) is 0 Å². The van der Waals surface area contributed by atoms with Gasteiger partial charge in [0.05, 0.1) is 5.54 Å². The molecule has 0 aliphatic heterocycles. The van der Waals surface area contributed by atoms with E-state index in [2.05, 4.69) is 15.5 Å². The number of amides is 1. The number of halogens is 1. The average molecular weight is 335 g/mol. The highest BCUT2D eigenvalue weighted by Gasteiger charge is 2.36. The molecular weight excluding hydrogens is 316 g/mol. The van der Waals surface area contributed by atoms with Gasteiger partial charge >= 0.3 is 0 Å². The van der Waals surface area contributed by atoms with E-state index in [0.29, 0.717) is 29.7 Å². The zero-order valence-corrected chi connectivity index (χ0v) is 13.5. The number of aromatic nitrogens is 2. The Morgan fingerprint density at radius 3 is 2.91 bits per heavy atom. The third-order valence-corrected chi connectivity index (χ3v) is 4.36. The molecule has 2 aromatic rings. The normalized spacial score (nSPS) is 16.4. The Balaban J connectivity index is 1.54. The van der Waals surface area contributed by atoms with Crippen LogP contribution in [0, 0.1) is 0 Å². The summed E-state index contributed by atoms with van der Waals surface area (Å²) in [6.07, 6.45) is 3.99. The van der Waals surface area contributed by atoms with Gasteiger partial charge in [0.15, 0.2) is 0 Å². The monoisotopic (exact) mass is 334 g/mol. The van der Waals surface area contributed by atoms with E-state index < -0.39 is 5.54 Å². The summed E-state index contributed by atoms with van der Waals surface area (Å²) in [7, 11) is 0. The van der Waals surface area contributed by atoms with Gasteiger partial charge in [0.25, 0.3) is 0 Å². The van der Waals surface area contributed by atoms with E-state index in [0.717, 1.165) is 31.2 Å². The maximum absolute atomic E-state index is 12.1. The Morgan fingerprint density at radius 2 is 2.17 bits per heavy atom. The quantitative estimate of drug-likeness (QED) is 0.875. The topological polar surface area (TPSA) is 94.0 Å². The van der Waals surface area contributed by atoms with Gasteiger partial charge in [0, 0.05) is 23.6 Å².